The molecule has 1 aliphatic rings. The van der Waals surface area contributed by atoms with E-state index in [1.807, 2.05) is 0 Å². The SMILES string of the molecule is NC(COC1CCC1)c1noc(-c2ccn[nH]2)n1. The fourth-order valence-electron chi connectivity index (χ4n) is 1.72. The molecular formula is C11H15N5O2. The van der Waals surface area contributed by atoms with Crippen LogP contribution in [-0.4, -0.2) is 33.0 Å². The maximum absolute atomic E-state index is 5.95. The van der Waals surface area contributed by atoms with E-state index >= 15 is 0 Å². The second kappa shape index (κ2) is 4.87. The molecule has 2 heterocycles. The average molecular weight is 249 g/mol. The highest BCUT2D eigenvalue weighted by molar-refractivity contribution is 5.44. The van der Waals surface area contributed by atoms with Gasteiger partial charge in [0.2, 0.25) is 0 Å². The van der Waals surface area contributed by atoms with Gasteiger partial charge in [0, 0.05) is 6.20 Å². The number of rotatable bonds is 5. The van der Waals surface area contributed by atoms with Crippen molar-refractivity contribution in [1.29, 1.82) is 0 Å². The highest BCUT2D eigenvalue weighted by Gasteiger charge is 2.21. The summed E-state index contributed by atoms with van der Waals surface area (Å²) in [7, 11) is 0. The summed E-state index contributed by atoms with van der Waals surface area (Å²) >= 11 is 0. The third kappa shape index (κ3) is 2.27. The van der Waals surface area contributed by atoms with Crippen molar-refractivity contribution < 1.29 is 9.26 Å². The molecule has 0 aliphatic heterocycles. The quantitative estimate of drug-likeness (QED) is 0.820. The standard InChI is InChI=1S/C11H15N5O2/c12-8(6-17-7-2-1-3-7)10-14-11(18-16-10)9-4-5-13-15-9/h4-5,7-8H,1-3,6,12H2,(H,13,15). The zero-order chi connectivity index (χ0) is 12.4. The van der Waals surface area contributed by atoms with Crippen molar-refractivity contribution in [3.8, 4) is 11.6 Å². The van der Waals surface area contributed by atoms with Crippen LogP contribution in [0.3, 0.4) is 0 Å². The molecule has 0 bridgehead atoms. The van der Waals surface area contributed by atoms with Crippen molar-refractivity contribution >= 4 is 0 Å². The number of aromatic nitrogens is 4. The first-order valence-corrected chi connectivity index (χ1v) is 6.03. The topological polar surface area (TPSA) is 103 Å². The van der Waals surface area contributed by atoms with E-state index in [-0.39, 0.29) is 6.04 Å². The van der Waals surface area contributed by atoms with Crippen LogP contribution in [0.15, 0.2) is 16.8 Å². The normalized spacial score (nSPS) is 17.6. The first-order chi connectivity index (χ1) is 8.83. The first kappa shape index (κ1) is 11.4. The lowest BCUT2D eigenvalue weighted by molar-refractivity contribution is -0.00549. The molecule has 0 amide bonds. The lowest BCUT2D eigenvalue weighted by Crippen LogP contribution is -2.27. The van der Waals surface area contributed by atoms with Crippen LogP contribution in [0.1, 0.15) is 31.1 Å². The lowest BCUT2D eigenvalue weighted by atomic mass is 9.96. The molecule has 1 atom stereocenters. The minimum absolute atomic E-state index is 0.356. The largest absolute Gasteiger partial charge is 0.376 e. The molecule has 3 N–H and O–H groups in total. The number of aromatic amines is 1. The molecule has 0 radical (unpaired) electrons. The van der Waals surface area contributed by atoms with E-state index < -0.39 is 0 Å². The molecule has 2 aromatic rings. The van der Waals surface area contributed by atoms with Crippen molar-refractivity contribution in [3.63, 3.8) is 0 Å². The van der Waals surface area contributed by atoms with Gasteiger partial charge in [-0.3, -0.25) is 5.10 Å². The van der Waals surface area contributed by atoms with E-state index in [1.54, 1.807) is 12.3 Å². The molecule has 7 nitrogen and oxygen atoms in total. The second-order valence-corrected chi connectivity index (χ2v) is 4.42. The number of hydrogen-bond donors (Lipinski definition) is 2. The van der Waals surface area contributed by atoms with Gasteiger partial charge in [-0.2, -0.15) is 10.1 Å². The fourth-order valence-corrected chi connectivity index (χ4v) is 1.72. The number of H-pyrrole nitrogens is 1. The lowest BCUT2D eigenvalue weighted by Gasteiger charge is -2.26. The molecule has 0 saturated heterocycles. The summed E-state index contributed by atoms with van der Waals surface area (Å²) in [6.45, 7) is 0.423. The molecule has 1 fully saturated rings. The molecule has 2 aromatic heterocycles. The maximum atomic E-state index is 5.95. The Balaban J connectivity index is 1.61. The molecule has 1 unspecified atom stereocenters. The van der Waals surface area contributed by atoms with Gasteiger partial charge in [-0.1, -0.05) is 5.16 Å². The van der Waals surface area contributed by atoms with Gasteiger partial charge in [0.05, 0.1) is 18.8 Å². The van der Waals surface area contributed by atoms with Gasteiger partial charge in [-0.15, -0.1) is 0 Å². The van der Waals surface area contributed by atoms with Crippen LogP contribution in [-0.2, 0) is 4.74 Å². The summed E-state index contributed by atoms with van der Waals surface area (Å²) in [4.78, 5) is 4.22. The number of nitrogens with one attached hydrogen (secondary N) is 1. The number of nitrogens with zero attached hydrogens (tertiary/aromatic N) is 3. The zero-order valence-electron chi connectivity index (χ0n) is 9.87. The molecule has 1 aliphatic carbocycles. The first-order valence-electron chi connectivity index (χ1n) is 6.03. The Morgan fingerprint density at radius 2 is 2.44 bits per heavy atom. The minimum atomic E-state index is -0.356. The zero-order valence-corrected chi connectivity index (χ0v) is 9.87. The van der Waals surface area contributed by atoms with Crippen molar-refractivity contribution in [2.45, 2.75) is 31.4 Å². The number of hydrogen-bond acceptors (Lipinski definition) is 6. The molecule has 18 heavy (non-hydrogen) atoms. The van der Waals surface area contributed by atoms with E-state index in [0.717, 1.165) is 12.8 Å². The van der Waals surface area contributed by atoms with E-state index in [1.165, 1.54) is 6.42 Å². The van der Waals surface area contributed by atoms with Gasteiger partial charge >= 0.3 is 0 Å². The fraction of sp³-hybridized carbons (Fsp3) is 0.545. The van der Waals surface area contributed by atoms with Crippen LogP contribution in [0.4, 0.5) is 0 Å². The van der Waals surface area contributed by atoms with Gasteiger partial charge in [0.15, 0.2) is 5.82 Å². The Hall–Kier alpha value is -1.73. The predicted molar refractivity (Wildman–Crippen MR) is 62.4 cm³/mol. The van der Waals surface area contributed by atoms with Crippen molar-refractivity contribution in [3.05, 3.63) is 18.1 Å². The number of nitrogens with two attached hydrogens (primary N) is 1. The van der Waals surface area contributed by atoms with Crippen LogP contribution in [0.25, 0.3) is 11.6 Å². The van der Waals surface area contributed by atoms with Gasteiger partial charge < -0.3 is 15.0 Å². The molecule has 0 spiro atoms. The van der Waals surface area contributed by atoms with Crippen molar-refractivity contribution in [2.24, 2.45) is 5.73 Å². The van der Waals surface area contributed by atoms with Crippen LogP contribution >= 0.6 is 0 Å². The Morgan fingerprint density at radius 1 is 1.56 bits per heavy atom. The summed E-state index contributed by atoms with van der Waals surface area (Å²) in [5, 5.41) is 10.4. The molecule has 0 aromatic carbocycles. The maximum Gasteiger partial charge on any atom is 0.275 e. The van der Waals surface area contributed by atoms with Gasteiger partial charge in [-0.05, 0) is 25.3 Å². The molecule has 7 heteroatoms. The Kier molecular flexibility index (Phi) is 3.07. The predicted octanol–water partition coefficient (Wildman–Crippen LogP) is 1.03. The van der Waals surface area contributed by atoms with Crippen molar-refractivity contribution in [2.75, 3.05) is 6.61 Å². The van der Waals surface area contributed by atoms with Gasteiger partial charge in [0.1, 0.15) is 5.69 Å². The monoisotopic (exact) mass is 249 g/mol. The van der Waals surface area contributed by atoms with E-state index in [4.69, 9.17) is 15.0 Å². The highest BCUT2D eigenvalue weighted by Crippen LogP contribution is 2.23. The van der Waals surface area contributed by atoms with Gasteiger partial charge in [0.25, 0.3) is 5.89 Å². The van der Waals surface area contributed by atoms with E-state index in [9.17, 15) is 0 Å². The van der Waals surface area contributed by atoms with Crippen LogP contribution < -0.4 is 5.73 Å². The van der Waals surface area contributed by atoms with Crippen molar-refractivity contribution in [1.82, 2.24) is 20.3 Å². The summed E-state index contributed by atoms with van der Waals surface area (Å²) < 4.78 is 10.7. The third-order valence-electron chi connectivity index (χ3n) is 3.07. The smallest absolute Gasteiger partial charge is 0.275 e. The molecule has 96 valence electrons. The van der Waals surface area contributed by atoms with E-state index in [2.05, 4.69) is 20.3 Å². The van der Waals surface area contributed by atoms with Crippen LogP contribution in [0.5, 0.6) is 0 Å². The third-order valence-corrected chi connectivity index (χ3v) is 3.07. The van der Waals surface area contributed by atoms with Crippen LogP contribution in [0.2, 0.25) is 0 Å². The Bertz CT molecular complexity index is 491. The molecular weight excluding hydrogens is 234 g/mol. The second-order valence-electron chi connectivity index (χ2n) is 4.42. The summed E-state index contributed by atoms with van der Waals surface area (Å²) in [6.07, 6.45) is 5.47. The Morgan fingerprint density at radius 3 is 3.11 bits per heavy atom. The van der Waals surface area contributed by atoms with Crippen LogP contribution in [0, 0.1) is 0 Å². The highest BCUT2D eigenvalue weighted by atomic mass is 16.5. The summed E-state index contributed by atoms with van der Waals surface area (Å²) in [5.74, 6) is 0.848. The Labute approximate surface area is 104 Å². The molecule has 1 saturated carbocycles. The summed E-state index contributed by atoms with van der Waals surface area (Å²) in [6, 6.07) is 1.40. The summed E-state index contributed by atoms with van der Waals surface area (Å²) in [5.41, 5.74) is 6.63. The van der Waals surface area contributed by atoms with E-state index in [0.29, 0.717) is 30.1 Å². The molecule has 3 rings (SSSR count). The average Bonchev–Trinajstić information content (AvgIpc) is 2.97. The number of ether oxygens (including phenoxy) is 1. The minimum Gasteiger partial charge on any atom is -0.376 e. The van der Waals surface area contributed by atoms with Gasteiger partial charge in [-0.25, -0.2) is 0 Å².